The number of hydrogen-bond donors (Lipinski definition) is 0. The summed E-state index contributed by atoms with van der Waals surface area (Å²) in [5.74, 6) is 0.101. The first-order chi connectivity index (χ1) is 9.14. The van der Waals surface area contributed by atoms with Crippen LogP contribution in [0.15, 0.2) is 30.3 Å². The minimum atomic E-state index is -2.89. The molecule has 1 rings (SSSR count). The van der Waals surface area contributed by atoms with Crippen LogP contribution in [0, 0.1) is 0 Å². The summed E-state index contributed by atoms with van der Waals surface area (Å²) in [6, 6.07) is 9.71. The molecule has 106 valence electrons. The average molecular weight is 282 g/mol. The van der Waals surface area contributed by atoms with Crippen molar-refractivity contribution in [2.24, 2.45) is 0 Å². The Bertz CT molecular complexity index is 374. The average Bonchev–Trinajstić information content (AvgIpc) is 2.39. The van der Waals surface area contributed by atoms with Gasteiger partial charge in [0.1, 0.15) is 5.78 Å². The molecule has 1 aromatic carbocycles. The Morgan fingerprint density at radius 1 is 1.05 bits per heavy atom. The van der Waals surface area contributed by atoms with Crippen LogP contribution in [0.3, 0.4) is 0 Å². The van der Waals surface area contributed by atoms with Gasteiger partial charge in [-0.3, -0.25) is 4.79 Å². The molecule has 0 saturated carbocycles. The largest absolute Gasteiger partial charge is 0.537 e. The van der Waals surface area contributed by atoms with Crippen LogP contribution in [0.4, 0.5) is 0 Å². The molecule has 0 aliphatic carbocycles. The van der Waals surface area contributed by atoms with Crippen LogP contribution in [0.25, 0.3) is 0 Å². The molecular weight excluding hydrogens is 260 g/mol. The second kappa shape index (κ2) is 8.22. The van der Waals surface area contributed by atoms with Crippen LogP contribution in [-0.4, -0.2) is 34.4 Å². The fourth-order valence-corrected chi connectivity index (χ4v) is 4.21. The number of carbonyl (C=O) groups excluding carboxylic acids is 1. The Balaban J connectivity index is 2.89. The molecule has 0 aromatic heterocycles. The lowest BCUT2D eigenvalue weighted by atomic mass is 10.3. The van der Waals surface area contributed by atoms with Gasteiger partial charge in [-0.1, -0.05) is 30.3 Å². The van der Waals surface area contributed by atoms with Gasteiger partial charge in [-0.25, -0.2) is 0 Å². The smallest absolute Gasteiger partial charge is 0.370 e. The fraction of sp³-hybridized carbons (Fsp3) is 0.500. The van der Waals surface area contributed by atoms with E-state index in [1.165, 1.54) is 0 Å². The van der Waals surface area contributed by atoms with Gasteiger partial charge in [0, 0.05) is 31.4 Å². The number of ketones is 1. The third kappa shape index (κ3) is 4.87. The molecule has 0 atom stereocenters. The zero-order valence-corrected chi connectivity index (χ0v) is 12.8. The predicted octanol–water partition coefficient (Wildman–Crippen LogP) is 1.90. The topological polar surface area (TPSA) is 44.8 Å². The van der Waals surface area contributed by atoms with Crippen molar-refractivity contribution in [3.63, 3.8) is 0 Å². The van der Waals surface area contributed by atoms with Gasteiger partial charge >= 0.3 is 8.80 Å². The number of Topliss-reactive ketones (excluding diaryl/α,β-unsaturated/α-hetero) is 1. The Labute approximate surface area is 116 Å². The standard InChI is InChI=1S/C14H22O4Si/c1-4-16-19(17-5-2,18-12-11-13(3)15)14-9-7-6-8-10-14/h6-10H,4-5,11-12H2,1-3H3. The fourth-order valence-electron chi connectivity index (χ4n) is 1.73. The van der Waals surface area contributed by atoms with Crippen LogP contribution >= 0.6 is 0 Å². The van der Waals surface area contributed by atoms with Crippen LogP contribution in [0.5, 0.6) is 0 Å². The zero-order chi connectivity index (χ0) is 14.1. The van der Waals surface area contributed by atoms with Crippen molar-refractivity contribution < 1.29 is 18.1 Å². The van der Waals surface area contributed by atoms with Crippen molar-refractivity contribution in [2.45, 2.75) is 27.2 Å². The molecule has 0 spiro atoms. The molecule has 0 bridgehead atoms. The maximum Gasteiger partial charge on any atom is 0.537 e. The van der Waals surface area contributed by atoms with Gasteiger partial charge in [0.05, 0.1) is 0 Å². The highest BCUT2D eigenvalue weighted by atomic mass is 28.4. The van der Waals surface area contributed by atoms with E-state index in [0.717, 1.165) is 5.19 Å². The van der Waals surface area contributed by atoms with E-state index in [2.05, 4.69) is 0 Å². The Morgan fingerprint density at radius 3 is 2.11 bits per heavy atom. The van der Waals surface area contributed by atoms with E-state index in [9.17, 15) is 4.79 Å². The van der Waals surface area contributed by atoms with Gasteiger partial charge in [-0.05, 0) is 20.8 Å². The molecule has 4 nitrogen and oxygen atoms in total. The molecule has 0 amide bonds. The number of benzene rings is 1. The monoisotopic (exact) mass is 282 g/mol. The summed E-state index contributed by atoms with van der Waals surface area (Å²) in [7, 11) is -2.89. The zero-order valence-electron chi connectivity index (χ0n) is 11.8. The van der Waals surface area contributed by atoms with Crippen LogP contribution < -0.4 is 5.19 Å². The molecule has 0 N–H and O–H groups in total. The first-order valence-corrected chi connectivity index (χ1v) is 8.34. The lowest BCUT2D eigenvalue weighted by Crippen LogP contribution is -2.57. The van der Waals surface area contributed by atoms with Gasteiger partial charge in [0.15, 0.2) is 0 Å². The third-order valence-corrected chi connectivity index (χ3v) is 5.50. The van der Waals surface area contributed by atoms with Gasteiger partial charge in [0.25, 0.3) is 0 Å². The number of carbonyl (C=O) groups is 1. The molecule has 19 heavy (non-hydrogen) atoms. The van der Waals surface area contributed by atoms with Crippen molar-refractivity contribution in [3.8, 4) is 0 Å². The summed E-state index contributed by atoms with van der Waals surface area (Å²) in [5.41, 5.74) is 0. The van der Waals surface area contributed by atoms with E-state index in [1.54, 1.807) is 6.92 Å². The first-order valence-electron chi connectivity index (χ1n) is 6.61. The van der Waals surface area contributed by atoms with Crippen molar-refractivity contribution in [3.05, 3.63) is 30.3 Å². The SMILES string of the molecule is CCO[Si](OCC)(OCCC(C)=O)c1ccccc1. The molecule has 0 fully saturated rings. The second-order valence-corrected chi connectivity index (χ2v) is 6.64. The molecule has 5 heteroatoms. The van der Waals surface area contributed by atoms with E-state index >= 15 is 0 Å². The van der Waals surface area contributed by atoms with Crippen LogP contribution in [0.2, 0.25) is 0 Å². The second-order valence-electron chi connectivity index (χ2n) is 4.09. The highest BCUT2D eigenvalue weighted by molar-refractivity contribution is 6.75. The Hall–Kier alpha value is -1.01. The Kier molecular flexibility index (Phi) is 6.94. The summed E-state index contributed by atoms with van der Waals surface area (Å²) in [6.45, 7) is 6.74. The summed E-state index contributed by atoms with van der Waals surface area (Å²) in [5, 5.41) is 0.933. The predicted molar refractivity (Wildman–Crippen MR) is 76.3 cm³/mol. The minimum absolute atomic E-state index is 0.101. The van der Waals surface area contributed by atoms with Crippen molar-refractivity contribution >= 4 is 19.8 Å². The maximum atomic E-state index is 11.0. The molecular formula is C14H22O4Si. The molecule has 0 radical (unpaired) electrons. The minimum Gasteiger partial charge on any atom is -0.370 e. The third-order valence-electron chi connectivity index (χ3n) is 2.54. The van der Waals surface area contributed by atoms with E-state index in [1.807, 2.05) is 44.2 Å². The maximum absolute atomic E-state index is 11.0. The van der Waals surface area contributed by atoms with E-state index in [4.69, 9.17) is 13.3 Å². The quantitative estimate of drug-likeness (QED) is 0.649. The van der Waals surface area contributed by atoms with Gasteiger partial charge in [-0.2, -0.15) is 0 Å². The number of rotatable bonds is 9. The van der Waals surface area contributed by atoms with Crippen molar-refractivity contribution in [1.29, 1.82) is 0 Å². The van der Waals surface area contributed by atoms with E-state index in [0.29, 0.717) is 26.2 Å². The van der Waals surface area contributed by atoms with Gasteiger partial charge in [-0.15, -0.1) is 0 Å². The number of hydrogen-bond acceptors (Lipinski definition) is 4. The van der Waals surface area contributed by atoms with Crippen molar-refractivity contribution in [2.75, 3.05) is 19.8 Å². The van der Waals surface area contributed by atoms with Crippen LogP contribution in [-0.2, 0) is 18.1 Å². The molecule has 0 saturated heterocycles. The molecule has 0 aliphatic heterocycles. The van der Waals surface area contributed by atoms with E-state index < -0.39 is 8.80 Å². The van der Waals surface area contributed by atoms with Gasteiger partial charge < -0.3 is 13.3 Å². The Morgan fingerprint density at radius 2 is 1.63 bits per heavy atom. The van der Waals surface area contributed by atoms with Gasteiger partial charge in [0.2, 0.25) is 0 Å². The van der Waals surface area contributed by atoms with Crippen LogP contribution in [0.1, 0.15) is 27.2 Å². The highest BCUT2D eigenvalue weighted by Crippen LogP contribution is 2.11. The van der Waals surface area contributed by atoms with Crippen molar-refractivity contribution in [1.82, 2.24) is 0 Å². The summed E-state index contributed by atoms with van der Waals surface area (Å²) < 4.78 is 17.5. The lowest BCUT2D eigenvalue weighted by molar-refractivity contribution is -0.117. The first kappa shape index (κ1) is 16.0. The molecule has 1 aromatic rings. The normalized spacial score (nSPS) is 11.5. The summed E-state index contributed by atoms with van der Waals surface area (Å²) >= 11 is 0. The lowest BCUT2D eigenvalue weighted by Gasteiger charge is -2.28. The highest BCUT2D eigenvalue weighted by Gasteiger charge is 2.43. The molecule has 0 unspecified atom stereocenters. The molecule has 0 heterocycles. The summed E-state index contributed by atoms with van der Waals surface area (Å²) in [6.07, 6.45) is 0.377. The molecule has 0 aliphatic rings. The summed E-state index contributed by atoms with van der Waals surface area (Å²) in [4.78, 5) is 11.0. The van der Waals surface area contributed by atoms with E-state index in [-0.39, 0.29) is 5.78 Å².